The molecule has 0 fully saturated rings. The van der Waals surface area contributed by atoms with Crippen LogP contribution in [0.1, 0.15) is 13.3 Å². The lowest BCUT2D eigenvalue weighted by atomic mass is 10.5. The van der Waals surface area contributed by atoms with Gasteiger partial charge < -0.3 is 5.11 Å². The summed E-state index contributed by atoms with van der Waals surface area (Å²) < 4.78 is 46.4. The quantitative estimate of drug-likeness (QED) is 0.574. The predicted molar refractivity (Wildman–Crippen MR) is 58.4 cm³/mol. The van der Waals surface area contributed by atoms with Crippen molar-refractivity contribution in [3.05, 3.63) is 0 Å². The van der Waals surface area contributed by atoms with Crippen LogP contribution >= 0.6 is 0 Å². The van der Waals surface area contributed by atoms with Crippen LogP contribution in [0.2, 0.25) is 0 Å². The molecule has 9 heteroatoms. The third-order valence-electron chi connectivity index (χ3n) is 1.76. The maximum atomic E-state index is 11.1. The predicted octanol–water partition coefficient (Wildman–Crippen LogP) is -1.18. The molecule has 2 N–H and O–H groups in total. The Bertz CT molecular complexity index is 424. The van der Waals surface area contributed by atoms with Crippen molar-refractivity contribution < 1.29 is 26.7 Å². The lowest BCUT2D eigenvalue weighted by molar-refractivity contribution is -0.136. The molecule has 0 aromatic rings. The molecule has 0 radical (unpaired) electrons. The molecule has 0 heterocycles. The fourth-order valence-corrected chi connectivity index (χ4v) is 2.62. The summed E-state index contributed by atoms with van der Waals surface area (Å²) in [6.07, 6.45) is -0.504. The normalized spacial score (nSPS) is 12.6. The van der Waals surface area contributed by atoms with Gasteiger partial charge in [-0.05, 0) is 0 Å². The van der Waals surface area contributed by atoms with Crippen molar-refractivity contribution in [1.29, 1.82) is 0 Å². The van der Waals surface area contributed by atoms with E-state index in [2.05, 4.69) is 0 Å². The number of hydrogen-bond donors (Lipinski definition) is 2. The molecule has 7 nitrogen and oxygen atoms in total. The van der Waals surface area contributed by atoms with Crippen LogP contribution in [-0.4, -0.2) is 51.7 Å². The fourth-order valence-electron chi connectivity index (χ4n) is 0.791. The first kappa shape index (κ1) is 15.3. The van der Waals surface area contributed by atoms with Crippen molar-refractivity contribution in [3.8, 4) is 0 Å². The molecule has 0 aliphatic heterocycles. The first-order chi connectivity index (χ1) is 7.18. The third kappa shape index (κ3) is 7.60. The maximum absolute atomic E-state index is 11.1. The van der Waals surface area contributed by atoms with E-state index in [0.29, 0.717) is 0 Å². The molecular formula is C7H15NO6S2. The SMILES string of the molecule is CCS(=O)(=O)CCNS(=O)(=O)CCC(=O)O. The minimum absolute atomic E-state index is 0.0517. The van der Waals surface area contributed by atoms with Gasteiger partial charge in [-0.3, -0.25) is 4.79 Å². The Morgan fingerprint density at radius 1 is 1.19 bits per heavy atom. The summed E-state index contributed by atoms with van der Waals surface area (Å²) in [6, 6.07) is 0. The van der Waals surface area contributed by atoms with Gasteiger partial charge in [-0.25, -0.2) is 21.6 Å². The molecule has 0 saturated carbocycles. The summed E-state index contributed by atoms with van der Waals surface area (Å²) in [5, 5.41) is 8.28. The van der Waals surface area contributed by atoms with Crippen LogP contribution in [0.5, 0.6) is 0 Å². The highest BCUT2D eigenvalue weighted by molar-refractivity contribution is 7.91. The maximum Gasteiger partial charge on any atom is 0.304 e. The van der Waals surface area contributed by atoms with E-state index in [1.165, 1.54) is 6.92 Å². The topological polar surface area (TPSA) is 118 Å². The number of aliphatic carboxylic acids is 1. The van der Waals surface area contributed by atoms with Gasteiger partial charge in [0, 0.05) is 12.3 Å². The van der Waals surface area contributed by atoms with Gasteiger partial charge in [-0.1, -0.05) is 6.92 Å². The number of hydrogen-bond acceptors (Lipinski definition) is 5. The van der Waals surface area contributed by atoms with E-state index < -0.39 is 38.0 Å². The number of rotatable bonds is 8. The Kier molecular flexibility index (Phi) is 5.90. The number of carboxylic acid groups (broad SMARTS) is 1. The minimum Gasteiger partial charge on any atom is -0.481 e. The average Bonchev–Trinajstić information content (AvgIpc) is 2.14. The van der Waals surface area contributed by atoms with Gasteiger partial charge in [-0.2, -0.15) is 0 Å². The Morgan fingerprint density at radius 3 is 2.19 bits per heavy atom. The van der Waals surface area contributed by atoms with Crippen LogP contribution in [-0.2, 0) is 24.7 Å². The molecule has 0 unspecified atom stereocenters. The molecule has 96 valence electrons. The highest BCUT2D eigenvalue weighted by Crippen LogP contribution is 1.92. The van der Waals surface area contributed by atoms with E-state index >= 15 is 0 Å². The highest BCUT2D eigenvalue weighted by atomic mass is 32.2. The Hall–Kier alpha value is -0.670. The molecule has 0 bridgehead atoms. The smallest absolute Gasteiger partial charge is 0.304 e. The van der Waals surface area contributed by atoms with Gasteiger partial charge in [0.15, 0.2) is 9.84 Å². The second-order valence-electron chi connectivity index (χ2n) is 3.09. The fraction of sp³-hybridized carbons (Fsp3) is 0.857. The molecule has 0 saturated heterocycles. The Balaban J connectivity index is 4.06. The van der Waals surface area contributed by atoms with Crippen LogP contribution in [0.25, 0.3) is 0 Å². The number of nitrogens with one attached hydrogen (secondary N) is 1. The molecule has 0 rings (SSSR count). The zero-order valence-electron chi connectivity index (χ0n) is 8.84. The monoisotopic (exact) mass is 273 g/mol. The molecule has 0 spiro atoms. The second-order valence-corrected chi connectivity index (χ2v) is 7.49. The van der Waals surface area contributed by atoms with Gasteiger partial charge in [-0.15, -0.1) is 0 Å². The summed E-state index contributed by atoms with van der Waals surface area (Å²) in [5.74, 6) is -2.10. The van der Waals surface area contributed by atoms with Crippen molar-refractivity contribution in [1.82, 2.24) is 4.72 Å². The lowest BCUT2D eigenvalue weighted by Gasteiger charge is -2.05. The standard InChI is InChI=1S/C7H15NO6S2/c1-2-15(11,12)6-4-8-16(13,14)5-3-7(9)10/h8H,2-6H2,1H3,(H,9,10). The number of sulfone groups is 1. The Labute approximate surface area is 94.8 Å². The van der Waals surface area contributed by atoms with Gasteiger partial charge in [0.05, 0.1) is 17.9 Å². The molecule has 0 aliphatic carbocycles. The summed E-state index contributed by atoms with van der Waals surface area (Å²) in [4.78, 5) is 10.1. The molecular weight excluding hydrogens is 258 g/mol. The van der Waals surface area contributed by atoms with E-state index in [1.54, 1.807) is 0 Å². The summed E-state index contributed by atoms with van der Waals surface area (Å²) in [6.45, 7) is 1.24. The van der Waals surface area contributed by atoms with Crippen molar-refractivity contribution >= 4 is 25.8 Å². The first-order valence-corrected chi connectivity index (χ1v) is 8.05. The number of carboxylic acids is 1. The van der Waals surface area contributed by atoms with Crippen molar-refractivity contribution in [3.63, 3.8) is 0 Å². The average molecular weight is 273 g/mol. The number of sulfonamides is 1. The van der Waals surface area contributed by atoms with Crippen LogP contribution < -0.4 is 4.72 Å². The van der Waals surface area contributed by atoms with Gasteiger partial charge in [0.25, 0.3) is 0 Å². The van der Waals surface area contributed by atoms with Crippen molar-refractivity contribution in [2.24, 2.45) is 0 Å². The van der Waals surface area contributed by atoms with Crippen LogP contribution in [0.15, 0.2) is 0 Å². The zero-order valence-corrected chi connectivity index (χ0v) is 10.5. The van der Waals surface area contributed by atoms with Crippen LogP contribution in [0.4, 0.5) is 0 Å². The van der Waals surface area contributed by atoms with Gasteiger partial charge in [0.1, 0.15) is 0 Å². The van der Waals surface area contributed by atoms with Gasteiger partial charge >= 0.3 is 5.97 Å². The Morgan fingerprint density at radius 2 is 1.75 bits per heavy atom. The molecule has 0 aliphatic rings. The van der Waals surface area contributed by atoms with Crippen molar-refractivity contribution in [2.45, 2.75) is 13.3 Å². The summed E-state index contributed by atoms with van der Waals surface area (Å²) >= 11 is 0. The van der Waals surface area contributed by atoms with Crippen molar-refractivity contribution in [2.75, 3.05) is 23.8 Å². The first-order valence-electron chi connectivity index (χ1n) is 4.58. The van der Waals surface area contributed by atoms with Crippen LogP contribution in [0, 0.1) is 0 Å². The lowest BCUT2D eigenvalue weighted by Crippen LogP contribution is -2.32. The molecule has 16 heavy (non-hydrogen) atoms. The van der Waals surface area contributed by atoms with Crippen LogP contribution in [0.3, 0.4) is 0 Å². The van der Waals surface area contributed by atoms with E-state index in [9.17, 15) is 21.6 Å². The summed E-state index contributed by atoms with van der Waals surface area (Å²) in [7, 11) is -6.92. The second kappa shape index (κ2) is 6.16. The molecule has 0 aromatic carbocycles. The van der Waals surface area contributed by atoms with E-state index in [4.69, 9.17) is 5.11 Å². The largest absolute Gasteiger partial charge is 0.481 e. The van der Waals surface area contributed by atoms with Gasteiger partial charge in [0.2, 0.25) is 10.0 Å². The third-order valence-corrected chi connectivity index (χ3v) is 4.85. The summed E-state index contributed by atoms with van der Waals surface area (Å²) in [5.41, 5.74) is 0. The molecule has 0 amide bonds. The van der Waals surface area contributed by atoms with E-state index in [0.717, 1.165) is 0 Å². The zero-order chi connectivity index (χ0) is 12.8. The highest BCUT2D eigenvalue weighted by Gasteiger charge is 2.14. The molecule has 0 aromatic heterocycles. The number of carbonyl (C=O) groups is 1. The minimum atomic E-state index is -3.70. The molecule has 0 atom stereocenters. The van der Waals surface area contributed by atoms with E-state index in [1.807, 2.05) is 4.72 Å². The van der Waals surface area contributed by atoms with E-state index in [-0.39, 0.29) is 18.1 Å².